The second-order valence-electron chi connectivity index (χ2n) is 10.2. The van der Waals surface area contributed by atoms with Gasteiger partial charge in [-0.05, 0) is 71.5 Å². The van der Waals surface area contributed by atoms with Gasteiger partial charge in [0.2, 0.25) is 0 Å². The van der Waals surface area contributed by atoms with Crippen molar-refractivity contribution in [2.75, 3.05) is 4.67 Å². The molecular weight excluding hydrogens is 485 g/mol. The minimum absolute atomic E-state index is 0.141. The van der Waals surface area contributed by atoms with E-state index in [2.05, 4.69) is 128 Å². The first-order valence-corrected chi connectivity index (χ1v) is 14.5. The summed E-state index contributed by atoms with van der Waals surface area (Å²) in [6.45, 7) is 4.57. The van der Waals surface area contributed by atoms with Crippen LogP contribution >= 0.6 is 8.16 Å². The largest absolute Gasteiger partial charge is 0.408 e. The minimum atomic E-state index is -1.47. The van der Waals surface area contributed by atoms with Crippen molar-refractivity contribution in [3.05, 3.63) is 120 Å². The number of hydrogen-bond donors (Lipinski definition) is 0. The van der Waals surface area contributed by atoms with Gasteiger partial charge >= 0.3 is 8.16 Å². The van der Waals surface area contributed by atoms with Crippen LogP contribution in [0, 0.1) is 0 Å². The normalized spacial score (nSPS) is 16.6. The average Bonchev–Trinajstić information content (AvgIpc) is 3.66. The second kappa shape index (κ2) is 9.51. The number of benzene rings is 4. The van der Waals surface area contributed by atoms with Crippen molar-refractivity contribution in [2.45, 2.75) is 38.8 Å². The van der Waals surface area contributed by atoms with E-state index in [1.165, 1.54) is 32.7 Å². The molecule has 3 nitrogen and oxygen atoms in total. The maximum Gasteiger partial charge on any atom is 0.310 e. The lowest BCUT2D eigenvalue weighted by molar-refractivity contribution is 0.585. The number of rotatable bonds is 5. The number of hydrogen-bond acceptors (Lipinski definition) is 3. The minimum Gasteiger partial charge on any atom is -0.408 e. The quantitative estimate of drug-likeness (QED) is 0.233. The summed E-state index contributed by atoms with van der Waals surface area (Å²) in [5.74, 6) is 0. The smallest absolute Gasteiger partial charge is 0.310 e. The van der Waals surface area contributed by atoms with Crippen molar-refractivity contribution in [1.29, 1.82) is 0 Å². The molecule has 0 N–H and O–H groups in total. The van der Waals surface area contributed by atoms with Crippen LogP contribution in [0.1, 0.15) is 26.7 Å². The van der Waals surface area contributed by atoms with Gasteiger partial charge in [0.15, 0.2) is 0 Å². The SMILES string of the molecule is C[C@H](C1=CCC=C1)N([C@H](C)C1=CC=CC1)p1oc2ccc3ccccc3c2c2c(ccc3ccccc32)o1. The Balaban J connectivity index is 1.59. The zero-order chi connectivity index (χ0) is 25.6. The van der Waals surface area contributed by atoms with Gasteiger partial charge in [0.1, 0.15) is 11.2 Å². The van der Waals surface area contributed by atoms with Gasteiger partial charge in [0.25, 0.3) is 0 Å². The van der Waals surface area contributed by atoms with Crippen LogP contribution in [0.4, 0.5) is 0 Å². The molecule has 0 unspecified atom stereocenters. The third-order valence-electron chi connectivity index (χ3n) is 7.99. The molecule has 0 bridgehead atoms. The van der Waals surface area contributed by atoms with Gasteiger partial charge in [-0.25, -0.2) is 0 Å². The molecule has 0 radical (unpaired) electrons. The van der Waals surface area contributed by atoms with E-state index in [-0.39, 0.29) is 12.1 Å². The zero-order valence-electron chi connectivity index (χ0n) is 21.7. The van der Waals surface area contributed by atoms with E-state index in [0.717, 1.165) is 34.8 Å². The van der Waals surface area contributed by atoms with E-state index in [9.17, 15) is 0 Å². The van der Waals surface area contributed by atoms with Crippen molar-refractivity contribution in [3.63, 3.8) is 0 Å². The standard InChI is InChI=1S/C34H30NO2P/c1-23(25-11-3-4-12-25)35(24(2)26-13-5-6-14-26)38-36-31-21-19-27-15-7-9-17-29(27)33(31)34-30-18-10-8-16-28(30)20-22-32(34)37-38/h3-5,7-11,13-24H,6,12H2,1-2H3/t23-,24-/m1/s1. The first-order chi connectivity index (χ1) is 18.7. The van der Waals surface area contributed by atoms with E-state index in [4.69, 9.17) is 8.39 Å². The molecule has 4 aromatic carbocycles. The summed E-state index contributed by atoms with van der Waals surface area (Å²) >= 11 is 0. The fourth-order valence-corrected chi connectivity index (χ4v) is 7.67. The van der Waals surface area contributed by atoms with Gasteiger partial charge in [-0.1, -0.05) is 97.1 Å². The van der Waals surface area contributed by atoms with Crippen LogP contribution < -0.4 is 4.67 Å². The average molecular weight is 516 g/mol. The van der Waals surface area contributed by atoms with Gasteiger partial charge in [-0.2, -0.15) is 4.67 Å². The Morgan fingerprint density at radius 1 is 0.737 bits per heavy atom. The monoisotopic (exact) mass is 515 g/mol. The highest BCUT2D eigenvalue weighted by molar-refractivity contribution is 7.39. The molecule has 0 saturated heterocycles. The Morgan fingerprint density at radius 2 is 1.37 bits per heavy atom. The molecule has 0 fully saturated rings. The zero-order valence-corrected chi connectivity index (χ0v) is 22.6. The van der Waals surface area contributed by atoms with Crippen LogP contribution in [-0.2, 0) is 0 Å². The molecule has 7 rings (SSSR count). The van der Waals surface area contributed by atoms with E-state index < -0.39 is 8.16 Å². The summed E-state index contributed by atoms with van der Waals surface area (Å²) in [5.41, 5.74) is 4.46. The van der Waals surface area contributed by atoms with E-state index in [1.807, 2.05) is 0 Å². The molecule has 4 heteroatoms. The number of nitrogens with zero attached hydrogens (tertiary/aromatic N) is 1. The molecule has 188 valence electrons. The molecule has 5 aromatic rings. The summed E-state index contributed by atoms with van der Waals surface area (Å²) in [6, 6.07) is 26.0. The van der Waals surface area contributed by atoms with Crippen molar-refractivity contribution >= 4 is 51.6 Å². The molecule has 0 amide bonds. The van der Waals surface area contributed by atoms with E-state index in [1.54, 1.807) is 0 Å². The summed E-state index contributed by atoms with van der Waals surface area (Å²) < 4.78 is 16.4. The summed E-state index contributed by atoms with van der Waals surface area (Å²) in [4.78, 5) is 0. The highest BCUT2D eigenvalue weighted by Crippen LogP contribution is 2.45. The maximum atomic E-state index is 6.99. The van der Waals surface area contributed by atoms with Gasteiger partial charge in [0.05, 0.1) is 0 Å². The van der Waals surface area contributed by atoms with Crippen molar-refractivity contribution in [1.82, 2.24) is 0 Å². The summed E-state index contributed by atoms with van der Waals surface area (Å²) in [7, 11) is -1.47. The molecular formula is C34H30NO2P. The van der Waals surface area contributed by atoms with Gasteiger partial charge in [-0.15, -0.1) is 0 Å². The highest BCUT2D eigenvalue weighted by atomic mass is 31.1. The molecule has 0 spiro atoms. The van der Waals surface area contributed by atoms with E-state index in [0.29, 0.717) is 0 Å². The molecule has 38 heavy (non-hydrogen) atoms. The van der Waals surface area contributed by atoms with Crippen LogP contribution in [-0.4, -0.2) is 12.1 Å². The van der Waals surface area contributed by atoms with Gasteiger partial charge in [-0.3, -0.25) is 0 Å². The van der Waals surface area contributed by atoms with Gasteiger partial charge < -0.3 is 8.39 Å². The lowest BCUT2D eigenvalue weighted by Crippen LogP contribution is -2.39. The Hall–Kier alpha value is -3.78. The number of allylic oxidation sites excluding steroid dienone is 5. The fraction of sp³-hybridized carbons (Fsp3) is 0.176. The van der Waals surface area contributed by atoms with Crippen molar-refractivity contribution < 1.29 is 8.39 Å². The van der Waals surface area contributed by atoms with Crippen LogP contribution in [0.3, 0.4) is 0 Å². The molecule has 1 heterocycles. The Morgan fingerprint density at radius 3 is 1.92 bits per heavy atom. The van der Waals surface area contributed by atoms with Crippen LogP contribution in [0.15, 0.2) is 129 Å². The number of fused-ring (bicyclic) bond motifs is 7. The van der Waals surface area contributed by atoms with Crippen molar-refractivity contribution in [2.24, 2.45) is 0 Å². The summed E-state index contributed by atoms with van der Waals surface area (Å²) in [5, 5.41) is 6.98. The second-order valence-corrected chi connectivity index (χ2v) is 11.5. The fourth-order valence-electron chi connectivity index (χ4n) is 5.95. The third kappa shape index (κ3) is 3.86. The van der Waals surface area contributed by atoms with Crippen LogP contribution in [0.5, 0.6) is 0 Å². The molecule has 2 aliphatic carbocycles. The predicted molar refractivity (Wildman–Crippen MR) is 162 cm³/mol. The Labute approximate surface area is 223 Å². The van der Waals surface area contributed by atoms with E-state index >= 15 is 0 Å². The lowest BCUT2D eigenvalue weighted by Gasteiger charge is -2.32. The van der Waals surface area contributed by atoms with Crippen molar-refractivity contribution in [3.8, 4) is 0 Å². The maximum absolute atomic E-state index is 6.99. The third-order valence-corrected chi connectivity index (χ3v) is 9.76. The Bertz CT molecular complexity index is 1780. The lowest BCUT2D eigenvalue weighted by atomic mass is 9.99. The first kappa shape index (κ1) is 23.3. The predicted octanol–water partition coefficient (Wildman–Crippen LogP) is 10.1. The highest BCUT2D eigenvalue weighted by Gasteiger charge is 2.31. The molecule has 0 saturated carbocycles. The Kier molecular flexibility index (Phi) is 5.84. The molecule has 2 aliphatic rings. The van der Waals surface area contributed by atoms with Gasteiger partial charge in [0, 0.05) is 22.9 Å². The molecule has 2 atom stereocenters. The van der Waals surface area contributed by atoms with Crippen LogP contribution in [0.2, 0.25) is 0 Å². The first-order valence-electron chi connectivity index (χ1n) is 13.4. The topological polar surface area (TPSA) is 29.5 Å². The van der Waals surface area contributed by atoms with Crippen LogP contribution in [0.25, 0.3) is 43.5 Å². The molecule has 1 aromatic heterocycles. The summed E-state index contributed by atoms with van der Waals surface area (Å²) in [6.07, 6.45) is 15.4. The molecule has 0 aliphatic heterocycles.